The van der Waals surface area contributed by atoms with Crippen LogP contribution in [0.1, 0.15) is 54.5 Å². The Hall–Kier alpha value is -3.84. The second kappa shape index (κ2) is 11.5. The third-order valence-corrected chi connectivity index (χ3v) is 4.80. The van der Waals surface area contributed by atoms with Crippen LogP contribution in [0, 0.1) is 58.6 Å². The van der Waals surface area contributed by atoms with E-state index in [1.807, 2.05) is 6.92 Å². The summed E-state index contributed by atoms with van der Waals surface area (Å²) in [6.45, 7) is 3.77. The maximum atomic E-state index is 14.5. The average Bonchev–Trinajstić information content (AvgIpc) is 2.77. The average molecular weight is 486 g/mol. The molecule has 0 bridgehead atoms. The van der Waals surface area contributed by atoms with Crippen LogP contribution in [0.4, 0.5) is 26.3 Å². The Labute approximate surface area is 199 Å². The Morgan fingerprint density at radius 3 is 1.43 bits per heavy atom. The molecule has 0 N–H and O–H groups in total. The van der Waals surface area contributed by atoms with Gasteiger partial charge in [-0.2, -0.15) is 0 Å². The normalized spacial score (nSPS) is 10.3. The molecule has 35 heavy (non-hydrogen) atoms. The summed E-state index contributed by atoms with van der Waals surface area (Å²) in [5.41, 5.74) is -0.995. The number of benzene rings is 3. The predicted molar refractivity (Wildman–Crippen MR) is 121 cm³/mol. The van der Waals surface area contributed by atoms with Crippen molar-refractivity contribution in [3.63, 3.8) is 0 Å². The molecule has 0 aromatic heterocycles. The zero-order valence-corrected chi connectivity index (χ0v) is 19.0. The van der Waals surface area contributed by atoms with Crippen molar-refractivity contribution in [2.24, 2.45) is 0 Å². The van der Waals surface area contributed by atoms with E-state index >= 15 is 0 Å². The molecule has 0 aliphatic carbocycles. The lowest BCUT2D eigenvalue weighted by Gasteiger charge is -2.07. The van der Waals surface area contributed by atoms with E-state index < -0.39 is 51.8 Å². The van der Waals surface area contributed by atoms with E-state index in [1.165, 1.54) is 12.1 Å². The fraction of sp³-hybridized carbons (Fsp3) is 0.214. The van der Waals surface area contributed by atoms with Crippen molar-refractivity contribution in [2.45, 2.75) is 33.1 Å². The highest BCUT2D eigenvalue weighted by molar-refractivity contribution is 5.50. The smallest absolute Gasteiger partial charge is 0.190 e. The van der Waals surface area contributed by atoms with Crippen LogP contribution in [0.2, 0.25) is 0 Å². The van der Waals surface area contributed by atoms with Gasteiger partial charge in [0.15, 0.2) is 17.4 Å². The SMILES string of the molecule is CCCOc1c(F)cc(C#Cc2c(F)cc(C#Cc3c(F)cc(CCC)cc3F)cc2F)cc1F. The quantitative estimate of drug-likeness (QED) is 0.277. The number of halogens is 6. The molecule has 0 saturated carbocycles. The third kappa shape index (κ3) is 6.39. The molecule has 0 spiro atoms. The molecule has 0 saturated heterocycles. The number of hydrogen-bond donors (Lipinski definition) is 0. The zero-order chi connectivity index (χ0) is 25.5. The summed E-state index contributed by atoms with van der Waals surface area (Å²) in [5, 5.41) is 0. The first kappa shape index (κ1) is 25.8. The summed E-state index contributed by atoms with van der Waals surface area (Å²) in [6, 6.07) is 5.83. The molecule has 0 heterocycles. The van der Waals surface area contributed by atoms with E-state index in [4.69, 9.17) is 4.74 Å². The van der Waals surface area contributed by atoms with E-state index in [0.717, 1.165) is 24.3 Å². The van der Waals surface area contributed by atoms with Gasteiger partial charge in [0.25, 0.3) is 0 Å². The number of hydrogen-bond acceptors (Lipinski definition) is 1. The second-order valence-electron chi connectivity index (χ2n) is 7.62. The minimum atomic E-state index is -1.09. The summed E-state index contributed by atoms with van der Waals surface area (Å²) in [5.74, 6) is 2.69. The molecular formula is C28H20F6O. The molecular weight excluding hydrogens is 466 g/mol. The van der Waals surface area contributed by atoms with Crippen LogP contribution in [-0.2, 0) is 6.42 Å². The Morgan fingerprint density at radius 2 is 1.00 bits per heavy atom. The Kier molecular flexibility index (Phi) is 8.49. The van der Waals surface area contributed by atoms with Gasteiger partial charge in [0.05, 0.1) is 17.7 Å². The molecule has 7 heteroatoms. The highest BCUT2D eigenvalue weighted by Crippen LogP contribution is 2.23. The Morgan fingerprint density at radius 1 is 0.571 bits per heavy atom. The van der Waals surface area contributed by atoms with E-state index in [2.05, 4.69) is 23.7 Å². The van der Waals surface area contributed by atoms with Gasteiger partial charge < -0.3 is 4.74 Å². The van der Waals surface area contributed by atoms with Gasteiger partial charge in [-0.15, -0.1) is 0 Å². The van der Waals surface area contributed by atoms with Crippen LogP contribution in [0.25, 0.3) is 0 Å². The largest absolute Gasteiger partial charge is 0.488 e. The summed E-state index contributed by atoms with van der Waals surface area (Å²) < 4.78 is 90.5. The molecule has 3 rings (SSSR count). The molecule has 0 amide bonds. The monoisotopic (exact) mass is 486 g/mol. The Balaban J connectivity index is 1.88. The topological polar surface area (TPSA) is 9.23 Å². The lowest BCUT2D eigenvalue weighted by molar-refractivity contribution is 0.285. The van der Waals surface area contributed by atoms with Crippen molar-refractivity contribution < 1.29 is 31.1 Å². The van der Waals surface area contributed by atoms with Crippen LogP contribution in [0.3, 0.4) is 0 Å². The maximum absolute atomic E-state index is 14.5. The van der Waals surface area contributed by atoms with Gasteiger partial charge in [-0.25, -0.2) is 26.3 Å². The van der Waals surface area contributed by atoms with Gasteiger partial charge >= 0.3 is 0 Å². The molecule has 3 aromatic rings. The van der Waals surface area contributed by atoms with E-state index in [-0.39, 0.29) is 17.7 Å². The van der Waals surface area contributed by atoms with Crippen LogP contribution < -0.4 is 4.74 Å². The van der Waals surface area contributed by atoms with Crippen molar-refractivity contribution in [3.8, 4) is 29.4 Å². The molecule has 0 radical (unpaired) electrons. The first-order valence-electron chi connectivity index (χ1n) is 10.9. The van der Waals surface area contributed by atoms with Gasteiger partial charge in [0, 0.05) is 11.1 Å². The van der Waals surface area contributed by atoms with Crippen LogP contribution >= 0.6 is 0 Å². The van der Waals surface area contributed by atoms with Crippen LogP contribution in [0.15, 0.2) is 36.4 Å². The summed E-state index contributed by atoms with van der Waals surface area (Å²) in [4.78, 5) is 0. The summed E-state index contributed by atoms with van der Waals surface area (Å²) in [7, 11) is 0. The molecule has 0 unspecified atom stereocenters. The first-order chi connectivity index (χ1) is 16.7. The zero-order valence-electron chi connectivity index (χ0n) is 19.0. The molecule has 0 atom stereocenters. The van der Waals surface area contributed by atoms with Crippen LogP contribution in [-0.4, -0.2) is 6.61 Å². The van der Waals surface area contributed by atoms with Gasteiger partial charge in [0.2, 0.25) is 0 Å². The minimum absolute atomic E-state index is 0.119. The lowest BCUT2D eigenvalue weighted by atomic mass is 10.1. The van der Waals surface area contributed by atoms with Crippen molar-refractivity contribution in [1.29, 1.82) is 0 Å². The summed E-state index contributed by atoms with van der Waals surface area (Å²) >= 11 is 0. The van der Waals surface area contributed by atoms with Crippen molar-refractivity contribution in [2.75, 3.05) is 6.61 Å². The number of aryl methyl sites for hydroxylation is 1. The van der Waals surface area contributed by atoms with Crippen molar-refractivity contribution >= 4 is 0 Å². The summed E-state index contributed by atoms with van der Waals surface area (Å²) in [6.07, 6.45) is 1.76. The third-order valence-electron chi connectivity index (χ3n) is 4.80. The second-order valence-corrected chi connectivity index (χ2v) is 7.62. The van der Waals surface area contributed by atoms with E-state index in [9.17, 15) is 26.3 Å². The maximum Gasteiger partial charge on any atom is 0.190 e. The number of ether oxygens (including phenoxy) is 1. The van der Waals surface area contributed by atoms with Gasteiger partial charge in [-0.1, -0.05) is 44.0 Å². The Bertz CT molecular complexity index is 1300. The molecule has 1 nitrogen and oxygen atoms in total. The van der Waals surface area contributed by atoms with E-state index in [1.54, 1.807) is 6.92 Å². The number of rotatable bonds is 5. The fourth-order valence-corrected chi connectivity index (χ4v) is 3.19. The van der Waals surface area contributed by atoms with E-state index in [0.29, 0.717) is 24.8 Å². The molecule has 0 fully saturated rings. The minimum Gasteiger partial charge on any atom is -0.488 e. The van der Waals surface area contributed by atoms with Gasteiger partial charge in [-0.3, -0.25) is 0 Å². The highest BCUT2D eigenvalue weighted by Gasteiger charge is 2.13. The fourth-order valence-electron chi connectivity index (χ4n) is 3.19. The molecule has 0 aliphatic rings. The van der Waals surface area contributed by atoms with Crippen molar-refractivity contribution in [1.82, 2.24) is 0 Å². The van der Waals surface area contributed by atoms with Crippen molar-refractivity contribution in [3.05, 3.63) is 99.1 Å². The predicted octanol–water partition coefficient (Wildman–Crippen LogP) is 7.06. The molecule has 3 aromatic carbocycles. The molecule has 0 aliphatic heterocycles. The van der Waals surface area contributed by atoms with Gasteiger partial charge in [-0.05, 0) is 54.8 Å². The standard InChI is InChI=1S/C28H20F6O/c1-3-5-17-11-22(29)20(23(30)12-17)8-6-18-13-24(31)21(25(32)14-18)9-7-19-15-26(33)28(27(34)16-19)35-10-4-2/h11-16H,3-5,10H2,1-2H3. The first-order valence-corrected chi connectivity index (χ1v) is 10.9. The van der Waals surface area contributed by atoms with Crippen LogP contribution in [0.5, 0.6) is 5.75 Å². The molecule has 180 valence electrons. The highest BCUT2D eigenvalue weighted by atomic mass is 19.2. The lowest BCUT2D eigenvalue weighted by Crippen LogP contribution is -2.01. The van der Waals surface area contributed by atoms with Gasteiger partial charge in [0.1, 0.15) is 23.3 Å².